The van der Waals surface area contributed by atoms with Gasteiger partial charge in [-0.3, -0.25) is 4.79 Å². The zero-order chi connectivity index (χ0) is 21.4. The van der Waals surface area contributed by atoms with E-state index in [0.717, 1.165) is 42.0 Å². The van der Waals surface area contributed by atoms with Crippen LogP contribution in [0.15, 0.2) is 42.9 Å². The third kappa shape index (κ3) is 3.64. The number of aryl methyl sites for hydroxylation is 1. The number of H-pyrrole nitrogens is 1. The first kappa shape index (κ1) is 19.3. The number of anilines is 1. The van der Waals surface area contributed by atoms with Crippen LogP contribution in [0.2, 0.25) is 0 Å². The minimum atomic E-state index is -0.361. The molecule has 1 aliphatic rings. The van der Waals surface area contributed by atoms with E-state index in [1.165, 1.54) is 0 Å². The SMILES string of the molecule is Cc1cnc2ccc(-c3nc(C(=O)NC[C@@H]4CCCO4)c(N)nc3-c3ccc[nH]3)cn12. The van der Waals surface area contributed by atoms with Gasteiger partial charge in [0, 0.05) is 43.0 Å². The van der Waals surface area contributed by atoms with Crippen molar-refractivity contribution in [2.75, 3.05) is 18.9 Å². The summed E-state index contributed by atoms with van der Waals surface area (Å²) in [7, 11) is 0. The zero-order valence-corrected chi connectivity index (χ0v) is 17.1. The molecule has 0 radical (unpaired) electrons. The number of aromatic nitrogens is 5. The standard InChI is InChI=1S/C22H23N7O2/c1-13-10-25-17-7-6-14(12-29(13)17)18-19(16-5-2-8-24-16)28-21(23)20(27-18)22(30)26-11-15-4-3-9-31-15/h2,5-8,10,12,15,24H,3-4,9,11H2,1H3,(H2,23,28)(H,26,30)/t15-/m0/s1. The number of hydrogen-bond acceptors (Lipinski definition) is 6. The maximum Gasteiger partial charge on any atom is 0.273 e. The number of nitrogens with two attached hydrogens (primary N) is 1. The lowest BCUT2D eigenvalue weighted by Crippen LogP contribution is -2.33. The molecule has 4 N–H and O–H groups in total. The predicted molar refractivity (Wildman–Crippen MR) is 116 cm³/mol. The van der Waals surface area contributed by atoms with Gasteiger partial charge in [-0.15, -0.1) is 0 Å². The molecule has 0 saturated carbocycles. The Morgan fingerprint density at radius 2 is 2.23 bits per heavy atom. The van der Waals surface area contributed by atoms with Gasteiger partial charge in [-0.05, 0) is 44.0 Å². The summed E-state index contributed by atoms with van der Waals surface area (Å²) in [5.41, 5.74) is 10.8. The van der Waals surface area contributed by atoms with Crippen LogP contribution in [0, 0.1) is 6.92 Å². The molecule has 5 rings (SSSR count). The lowest BCUT2D eigenvalue weighted by molar-refractivity contribution is 0.0854. The summed E-state index contributed by atoms with van der Waals surface area (Å²) in [6.45, 7) is 3.13. The Morgan fingerprint density at radius 3 is 3.00 bits per heavy atom. The van der Waals surface area contributed by atoms with E-state index < -0.39 is 0 Å². The van der Waals surface area contributed by atoms with Crippen molar-refractivity contribution in [3.63, 3.8) is 0 Å². The maximum absolute atomic E-state index is 12.9. The number of amides is 1. The van der Waals surface area contributed by atoms with Gasteiger partial charge in [0.2, 0.25) is 0 Å². The van der Waals surface area contributed by atoms with Crippen LogP contribution in [0.3, 0.4) is 0 Å². The highest BCUT2D eigenvalue weighted by Crippen LogP contribution is 2.30. The first-order valence-electron chi connectivity index (χ1n) is 10.3. The lowest BCUT2D eigenvalue weighted by Gasteiger charge is -2.14. The molecule has 0 spiro atoms. The Hall–Kier alpha value is -3.72. The van der Waals surface area contributed by atoms with Crippen LogP contribution in [0.1, 0.15) is 29.0 Å². The average molecular weight is 417 g/mol. The van der Waals surface area contributed by atoms with Gasteiger partial charge >= 0.3 is 0 Å². The fraction of sp³-hybridized carbons (Fsp3) is 0.273. The number of nitrogens with one attached hydrogen (secondary N) is 2. The minimum Gasteiger partial charge on any atom is -0.382 e. The molecule has 0 unspecified atom stereocenters. The van der Waals surface area contributed by atoms with Crippen LogP contribution in [0.25, 0.3) is 28.3 Å². The van der Waals surface area contributed by atoms with Crippen LogP contribution in [-0.4, -0.2) is 49.5 Å². The molecule has 9 heteroatoms. The molecule has 4 aromatic rings. The summed E-state index contributed by atoms with van der Waals surface area (Å²) >= 11 is 0. The Balaban J connectivity index is 1.57. The molecule has 1 fully saturated rings. The second-order valence-electron chi connectivity index (χ2n) is 7.63. The normalized spacial score (nSPS) is 16.1. The van der Waals surface area contributed by atoms with Gasteiger partial charge in [0.1, 0.15) is 17.0 Å². The molecule has 31 heavy (non-hydrogen) atoms. The highest BCUT2D eigenvalue weighted by atomic mass is 16.5. The molecule has 158 valence electrons. The molecule has 0 bridgehead atoms. The number of pyridine rings is 1. The van der Waals surface area contributed by atoms with Crippen LogP contribution >= 0.6 is 0 Å². The van der Waals surface area contributed by atoms with Crippen LogP contribution < -0.4 is 11.1 Å². The number of nitrogens with zero attached hydrogens (tertiary/aromatic N) is 4. The highest BCUT2D eigenvalue weighted by molar-refractivity contribution is 5.97. The zero-order valence-electron chi connectivity index (χ0n) is 17.1. The Kier molecular flexibility index (Phi) is 4.87. The summed E-state index contributed by atoms with van der Waals surface area (Å²) in [5, 5.41) is 2.88. The van der Waals surface area contributed by atoms with E-state index in [4.69, 9.17) is 10.5 Å². The number of carbonyl (C=O) groups excluding carboxylic acids is 1. The van der Waals surface area contributed by atoms with Crippen molar-refractivity contribution in [2.24, 2.45) is 0 Å². The third-order valence-corrected chi connectivity index (χ3v) is 5.47. The molecule has 1 aliphatic heterocycles. The second kappa shape index (κ2) is 7.84. The monoisotopic (exact) mass is 417 g/mol. The van der Waals surface area contributed by atoms with Crippen LogP contribution in [0.4, 0.5) is 5.82 Å². The molecule has 1 amide bonds. The summed E-state index contributed by atoms with van der Waals surface area (Å²) < 4.78 is 7.56. The number of carbonyl (C=O) groups is 1. The molecule has 4 aromatic heterocycles. The molecule has 0 aliphatic carbocycles. The van der Waals surface area contributed by atoms with Crippen molar-refractivity contribution < 1.29 is 9.53 Å². The Morgan fingerprint density at radius 1 is 1.32 bits per heavy atom. The molecule has 9 nitrogen and oxygen atoms in total. The molecule has 0 aromatic carbocycles. The second-order valence-corrected chi connectivity index (χ2v) is 7.63. The minimum absolute atomic E-state index is 0.0300. The number of imidazole rings is 1. The van der Waals surface area contributed by atoms with E-state index in [2.05, 4.69) is 25.3 Å². The number of hydrogen-bond donors (Lipinski definition) is 3. The number of aromatic amines is 1. The van der Waals surface area contributed by atoms with Crippen molar-refractivity contribution in [3.8, 4) is 22.6 Å². The van der Waals surface area contributed by atoms with Crippen molar-refractivity contribution in [1.82, 2.24) is 29.7 Å². The van der Waals surface area contributed by atoms with Gasteiger partial charge in [0.15, 0.2) is 11.5 Å². The van der Waals surface area contributed by atoms with Crippen molar-refractivity contribution in [1.29, 1.82) is 0 Å². The van der Waals surface area contributed by atoms with Gasteiger partial charge in [0.25, 0.3) is 5.91 Å². The van der Waals surface area contributed by atoms with Crippen LogP contribution in [-0.2, 0) is 4.74 Å². The molecule has 1 saturated heterocycles. The van der Waals surface area contributed by atoms with E-state index in [-0.39, 0.29) is 23.5 Å². The fourth-order valence-electron chi connectivity index (χ4n) is 3.82. The van der Waals surface area contributed by atoms with Gasteiger partial charge in [-0.25, -0.2) is 15.0 Å². The highest BCUT2D eigenvalue weighted by Gasteiger charge is 2.22. The maximum atomic E-state index is 12.9. The van der Waals surface area contributed by atoms with Crippen molar-refractivity contribution >= 4 is 17.4 Å². The summed E-state index contributed by atoms with van der Waals surface area (Å²) in [5.74, 6) is -0.280. The number of fused-ring (bicyclic) bond motifs is 1. The van der Waals surface area contributed by atoms with Gasteiger partial charge in [-0.2, -0.15) is 0 Å². The smallest absolute Gasteiger partial charge is 0.273 e. The fourth-order valence-corrected chi connectivity index (χ4v) is 3.82. The van der Waals surface area contributed by atoms with Gasteiger partial charge in [0.05, 0.1) is 11.8 Å². The van der Waals surface area contributed by atoms with Crippen LogP contribution in [0.5, 0.6) is 0 Å². The molecular formula is C22H23N7O2. The number of nitrogen functional groups attached to an aromatic ring is 1. The first-order valence-corrected chi connectivity index (χ1v) is 10.3. The van der Waals surface area contributed by atoms with E-state index in [9.17, 15) is 4.79 Å². The van der Waals surface area contributed by atoms with Gasteiger partial charge < -0.3 is 25.2 Å². The van der Waals surface area contributed by atoms with Crippen molar-refractivity contribution in [3.05, 3.63) is 54.2 Å². The average Bonchev–Trinajstić information content (AvgIpc) is 3.55. The summed E-state index contributed by atoms with van der Waals surface area (Å²) in [4.78, 5) is 29.6. The molecular weight excluding hydrogens is 394 g/mol. The topological polar surface area (TPSA) is 123 Å². The van der Waals surface area contributed by atoms with Crippen molar-refractivity contribution in [2.45, 2.75) is 25.9 Å². The van der Waals surface area contributed by atoms with Gasteiger partial charge in [-0.1, -0.05) is 0 Å². The Bertz CT molecular complexity index is 1240. The molecule has 1 atom stereocenters. The predicted octanol–water partition coefficient (Wildman–Crippen LogP) is 2.59. The summed E-state index contributed by atoms with van der Waals surface area (Å²) in [6.07, 6.45) is 7.53. The molecule has 5 heterocycles. The van der Waals surface area contributed by atoms with E-state index in [1.807, 2.05) is 54.2 Å². The first-order chi connectivity index (χ1) is 15.1. The number of ether oxygens (including phenoxy) is 1. The summed E-state index contributed by atoms with van der Waals surface area (Å²) in [6, 6.07) is 7.60. The van der Waals surface area contributed by atoms with E-state index >= 15 is 0 Å². The quantitative estimate of drug-likeness (QED) is 0.459. The Labute approximate surface area is 178 Å². The van der Waals surface area contributed by atoms with E-state index in [1.54, 1.807) is 0 Å². The lowest BCUT2D eigenvalue weighted by atomic mass is 10.1. The van der Waals surface area contributed by atoms with E-state index in [0.29, 0.717) is 17.9 Å². The number of rotatable bonds is 5. The largest absolute Gasteiger partial charge is 0.382 e. The third-order valence-electron chi connectivity index (χ3n) is 5.47.